The van der Waals surface area contributed by atoms with E-state index in [4.69, 9.17) is 0 Å². The van der Waals surface area contributed by atoms with Crippen LogP contribution in [-0.2, 0) is 17.4 Å². The summed E-state index contributed by atoms with van der Waals surface area (Å²) in [5, 5.41) is 4.82. The Labute approximate surface area is 166 Å². The van der Waals surface area contributed by atoms with Crippen LogP contribution in [-0.4, -0.2) is 18.5 Å². The van der Waals surface area contributed by atoms with Gasteiger partial charge in [0.2, 0.25) is 5.91 Å². The van der Waals surface area contributed by atoms with Gasteiger partial charge in [-0.1, -0.05) is 26.0 Å². The average Bonchev–Trinajstić information content (AvgIpc) is 2.66. The van der Waals surface area contributed by atoms with Gasteiger partial charge in [-0.25, -0.2) is 4.79 Å². The van der Waals surface area contributed by atoms with Crippen LogP contribution in [0.5, 0.6) is 0 Å². The summed E-state index contributed by atoms with van der Waals surface area (Å²) in [5.41, 5.74) is 0.944. The third kappa shape index (κ3) is 4.70. The second kappa shape index (κ2) is 8.14. The number of rotatable bonds is 3. The lowest BCUT2D eigenvalue weighted by Crippen LogP contribution is -2.38. The Morgan fingerprint density at radius 1 is 1.07 bits per heavy atom. The summed E-state index contributed by atoms with van der Waals surface area (Å²) in [7, 11) is 0. The van der Waals surface area contributed by atoms with E-state index in [2.05, 4.69) is 10.6 Å². The van der Waals surface area contributed by atoms with Crippen molar-refractivity contribution in [2.24, 2.45) is 5.92 Å². The van der Waals surface area contributed by atoms with Gasteiger partial charge >= 0.3 is 12.2 Å². The minimum Gasteiger partial charge on any atom is -0.312 e. The highest BCUT2D eigenvalue weighted by Crippen LogP contribution is 2.35. The molecule has 2 N–H and O–H groups in total. The number of urea groups is 1. The first-order valence-corrected chi connectivity index (χ1v) is 9.35. The number of anilines is 3. The van der Waals surface area contributed by atoms with Gasteiger partial charge in [-0.05, 0) is 48.7 Å². The van der Waals surface area contributed by atoms with Crippen molar-refractivity contribution in [2.45, 2.75) is 32.9 Å². The lowest BCUT2D eigenvalue weighted by Gasteiger charge is -2.31. The summed E-state index contributed by atoms with van der Waals surface area (Å²) in [5.74, 6) is -0.0913. The Bertz CT molecular complexity index is 926. The van der Waals surface area contributed by atoms with Crippen LogP contribution in [0.3, 0.4) is 0 Å². The number of hydrogen-bond acceptors (Lipinski definition) is 2. The first-order valence-electron chi connectivity index (χ1n) is 9.35. The van der Waals surface area contributed by atoms with Crippen LogP contribution < -0.4 is 15.5 Å². The molecule has 1 aliphatic rings. The molecule has 3 rings (SSSR count). The second-order valence-electron chi connectivity index (χ2n) is 7.21. The number of halogens is 3. The Balaban J connectivity index is 1.75. The number of amides is 3. The molecule has 0 fully saturated rings. The number of alkyl halides is 3. The van der Waals surface area contributed by atoms with Crippen LogP contribution in [0, 0.1) is 5.92 Å². The quantitative estimate of drug-likeness (QED) is 0.729. The van der Waals surface area contributed by atoms with Gasteiger partial charge in [-0.3, -0.25) is 4.79 Å². The van der Waals surface area contributed by atoms with Crippen LogP contribution in [0.25, 0.3) is 0 Å². The molecule has 154 valence electrons. The average molecular weight is 405 g/mol. The standard InChI is InChI=1S/C21H22F3N3O2/c1-13(2)19(28)27-11-5-6-14-12-15(9-10-18(14)27)25-20(29)26-17-8-4-3-7-16(17)21(22,23)24/h3-4,7-10,12-13H,5-6,11H2,1-2H3,(H2,25,26,29). The highest BCUT2D eigenvalue weighted by Gasteiger charge is 2.33. The van der Waals surface area contributed by atoms with Crippen LogP contribution in [0.1, 0.15) is 31.4 Å². The topological polar surface area (TPSA) is 61.4 Å². The van der Waals surface area contributed by atoms with Gasteiger partial charge in [-0.15, -0.1) is 0 Å². The molecule has 1 aliphatic heterocycles. The predicted octanol–water partition coefficient (Wildman–Crippen LogP) is 5.28. The minimum absolute atomic E-state index is 0.0353. The molecule has 0 aliphatic carbocycles. The maximum atomic E-state index is 13.1. The van der Waals surface area contributed by atoms with Crippen LogP contribution in [0.4, 0.5) is 35.0 Å². The van der Waals surface area contributed by atoms with E-state index in [1.807, 2.05) is 13.8 Å². The fraction of sp³-hybridized carbons (Fsp3) is 0.333. The maximum Gasteiger partial charge on any atom is 0.418 e. The molecule has 0 spiro atoms. The molecule has 1 heterocycles. The number of carbonyl (C=O) groups is 2. The summed E-state index contributed by atoms with van der Waals surface area (Å²) in [4.78, 5) is 26.4. The van der Waals surface area contributed by atoms with Gasteiger partial charge in [0.05, 0.1) is 11.3 Å². The number of nitrogens with one attached hydrogen (secondary N) is 2. The molecule has 8 heteroatoms. The molecule has 0 unspecified atom stereocenters. The fourth-order valence-corrected chi connectivity index (χ4v) is 3.34. The molecule has 2 aromatic rings. The van der Waals surface area contributed by atoms with Crippen LogP contribution in [0.2, 0.25) is 0 Å². The summed E-state index contributed by atoms with van der Waals surface area (Å²) < 4.78 is 39.2. The normalized spacial score (nSPS) is 13.8. The summed E-state index contributed by atoms with van der Waals surface area (Å²) >= 11 is 0. The number of hydrogen-bond donors (Lipinski definition) is 2. The molecule has 0 saturated heterocycles. The molecule has 5 nitrogen and oxygen atoms in total. The Morgan fingerprint density at radius 3 is 2.48 bits per heavy atom. The van der Waals surface area contributed by atoms with Gasteiger partial charge in [0.25, 0.3) is 0 Å². The third-order valence-electron chi connectivity index (χ3n) is 4.70. The van der Waals surface area contributed by atoms with Crippen molar-refractivity contribution in [1.82, 2.24) is 0 Å². The van der Waals surface area contributed by atoms with E-state index in [-0.39, 0.29) is 17.5 Å². The highest BCUT2D eigenvalue weighted by molar-refractivity contribution is 6.01. The Hall–Kier alpha value is -3.03. The van der Waals surface area contributed by atoms with Crippen LogP contribution >= 0.6 is 0 Å². The molecule has 0 bridgehead atoms. The van der Waals surface area contributed by atoms with Crippen molar-refractivity contribution >= 4 is 29.0 Å². The van der Waals surface area contributed by atoms with Gasteiger partial charge in [-0.2, -0.15) is 13.2 Å². The van der Waals surface area contributed by atoms with Crippen molar-refractivity contribution < 1.29 is 22.8 Å². The molecular formula is C21H22F3N3O2. The van der Waals surface area contributed by atoms with Gasteiger partial charge in [0.15, 0.2) is 0 Å². The van der Waals surface area contributed by atoms with Gasteiger partial charge in [0, 0.05) is 23.8 Å². The predicted molar refractivity (Wildman–Crippen MR) is 106 cm³/mol. The van der Waals surface area contributed by atoms with Crippen LogP contribution in [0.15, 0.2) is 42.5 Å². The van der Waals surface area contributed by atoms with E-state index in [0.717, 1.165) is 30.2 Å². The number of aryl methyl sites for hydroxylation is 1. The number of fused-ring (bicyclic) bond motifs is 1. The molecule has 2 aromatic carbocycles. The lowest BCUT2D eigenvalue weighted by atomic mass is 9.99. The Morgan fingerprint density at radius 2 is 1.79 bits per heavy atom. The SMILES string of the molecule is CC(C)C(=O)N1CCCc2cc(NC(=O)Nc3ccccc3C(F)(F)F)ccc21. The molecular weight excluding hydrogens is 383 g/mol. The lowest BCUT2D eigenvalue weighted by molar-refractivity contribution is -0.136. The van der Waals surface area contributed by atoms with Gasteiger partial charge < -0.3 is 15.5 Å². The third-order valence-corrected chi connectivity index (χ3v) is 4.70. The second-order valence-corrected chi connectivity index (χ2v) is 7.21. The monoisotopic (exact) mass is 405 g/mol. The molecule has 0 aromatic heterocycles. The van der Waals surface area contributed by atoms with Crippen molar-refractivity contribution in [3.63, 3.8) is 0 Å². The molecule has 3 amide bonds. The minimum atomic E-state index is -4.57. The summed E-state index contributed by atoms with van der Waals surface area (Å²) in [6.07, 6.45) is -3.01. The zero-order valence-corrected chi connectivity index (χ0v) is 16.1. The zero-order valence-electron chi connectivity index (χ0n) is 16.1. The summed E-state index contributed by atoms with van der Waals surface area (Å²) in [6.45, 7) is 4.33. The fourth-order valence-electron chi connectivity index (χ4n) is 3.34. The van der Waals surface area contributed by atoms with E-state index in [1.54, 1.807) is 23.1 Å². The van der Waals surface area contributed by atoms with Crippen molar-refractivity contribution in [2.75, 3.05) is 22.1 Å². The first kappa shape index (κ1) is 20.7. The van der Waals surface area contributed by atoms with Crippen molar-refractivity contribution in [3.8, 4) is 0 Å². The van der Waals surface area contributed by atoms with Gasteiger partial charge in [0.1, 0.15) is 0 Å². The largest absolute Gasteiger partial charge is 0.418 e. The van der Waals surface area contributed by atoms with E-state index in [9.17, 15) is 22.8 Å². The maximum absolute atomic E-state index is 13.1. The zero-order chi connectivity index (χ0) is 21.2. The highest BCUT2D eigenvalue weighted by atomic mass is 19.4. The number of carbonyl (C=O) groups excluding carboxylic acids is 2. The van der Waals surface area contributed by atoms with E-state index in [0.29, 0.717) is 12.2 Å². The van der Waals surface area contributed by atoms with E-state index >= 15 is 0 Å². The molecule has 29 heavy (non-hydrogen) atoms. The first-order chi connectivity index (χ1) is 13.7. The number of benzene rings is 2. The number of nitrogens with zero attached hydrogens (tertiary/aromatic N) is 1. The molecule has 0 radical (unpaired) electrons. The summed E-state index contributed by atoms with van der Waals surface area (Å²) in [6, 6.07) is 9.18. The van der Waals surface area contributed by atoms with E-state index in [1.165, 1.54) is 18.2 Å². The Kier molecular flexibility index (Phi) is 5.81. The molecule has 0 atom stereocenters. The van der Waals surface area contributed by atoms with E-state index < -0.39 is 17.8 Å². The van der Waals surface area contributed by atoms with Crippen molar-refractivity contribution in [3.05, 3.63) is 53.6 Å². The van der Waals surface area contributed by atoms with Crippen molar-refractivity contribution in [1.29, 1.82) is 0 Å². The smallest absolute Gasteiger partial charge is 0.312 e. The molecule has 0 saturated carbocycles. The number of para-hydroxylation sites is 1.